The smallest absolute Gasteiger partial charge is 0.407 e. The number of carbonyl (C=O) groups is 3. The number of carboxylic acids is 1. The molecule has 3 aliphatic rings. The van der Waals surface area contributed by atoms with Crippen molar-refractivity contribution in [2.24, 2.45) is 11.3 Å². The monoisotopic (exact) mass is 462 g/mol. The molecule has 1 aliphatic heterocycles. The molecule has 2 fully saturated rings. The fourth-order valence-electron chi connectivity index (χ4n) is 5.71. The Balaban J connectivity index is 1.21. The van der Waals surface area contributed by atoms with Crippen LogP contribution in [0.4, 0.5) is 4.79 Å². The maximum absolute atomic E-state index is 13.1. The Morgan fingerprint density at radius 1 is 1.00 bits per heavy atom. The standard InChI is InChI=1S/C27H30N2O5/c1-27(25(31)32)15-29(16-27)24(30)21-12-6-7-13-23(21)28-26(33)34-14-22-19-10-4-2-8-17(19)18-9-3-5-11-20(18)22/h2-5,8-11,21-23H,6-7,12-16H2,1H3,(H,28,33)(H,31,32)/t21-,23+/m0/s1. The van der Waals surface area contributed by atoms with Crippen LogP contribution in [0.5, 0.6) is 0 Å². The molecule has 0 radical (unpaired) electrons. The van der Waals surface area contributed by atoms with Gasteiger partial charge < -0.3 is 20.1 Å². The summed E-state index contributed by atoms with van der Waals surface area (Å²) in [6.07, 6.45) is 2.75. The maximum atomic E-state index is 13.1. The normalized spacial score (nSPS) is 22.8. The number of ether oxygens (including phenoxy) is 1. The fraction of sp³-hybridized carbons (Fsp3) is 0.444. The number of amides is 2. The summed E-state index contributed by atoms with van der Waals surface area (Å²) >= 11 is 0. The minimum atomic E-state index is -0.881. The van der Waals surface area contributed by atoms with Crippen LogP contribution < -0.4 is 5.32 Å². The Morgan fingerprint density at radius 3 is 2.21 bits per heavy atom. The van der Waals surface area contributed by atoms with Crippen LogP contribution in [0.25, 0.3) is 11.1 Å². The predicted molar refractivity (Wildman–Crippen MR) is 126 cm³/mol. The summed E-state index contributed by atoms with van der Waals surface area (Å²) in [5.41, 5.74) is 3.78. The predicted octanol–water partition coefficient (Wildman–Crippen LogP) is 4.02. The lowest BCUT2D eigenvalue weighted by molar-refractivity contribution is -0.166. The zero-order valence-corrected chi connectivity index (χ0v) is 19.3. The molecular weight excluding hydrogens is 432 g/mol. The lowest BCUT2D eigenvalue weighted by atomic mass is 9.78. The number of benzene rings is 2. The number of carboxylic acid groups (broad SMARTS) is 1. The number of aliphatic carboxylic acids is 1. The number of hydrogen-bond donors (Lipinski definition) is 2. The Kier molecular flexibility index (Phi) is 5.80. The van der Waals surface area contributed by atoms with Crippen LogP contribution in [-0.4, -0.2) is 53.7 Å². The summed E-state index contributed by atoms with van der Waals surface area (Å²) < 4.78 is 5.68. The average Bonchev–Trinajstić information content (AvgIpc) is 3.14. The quantitative estimate of drug-likeness (QED) is 0.700. The first-order valence-electron chi connectivity index (χ1n) is 12.0. The van der Waals surface area contributed by atoms with Gasteiger partial charge in [0.05, 0.1) is 11.3 Å². The van der Waals surface area contributed by atoms with Gasteiger partial charge in [-0.25, -0.2) is 4.79 Å². The first-order chi connectivity index (χ1) is 16.4. The van der Waals surface area contributed by atoms with E-state index in [-0.39, 0.29) is 43.5 Å². The second-order valence-corrected chi connectivity index (χ2v) is 10.0. The molecule has 2 aromatic rings. The molecule has 1 heterocycles. The van der Waals surface area contributed by atoms with Gasteiger partial charge in [-0.2, -0.15) is 0 Å². The molecule has 34 heavy (non-hydrogen) atoms. The number of rotatable bonds is 5. The highest BCUT2D eigenvalue weighted by Gasteiger charge is 2.49. The third-order valence-electron chi connectivity index (χ3n) is 7.64. The maximum Gasteiger partial charge on any atom is 0.407 e. The van der Waals surface area contributed by atoms with E-state index in [1.807, 2.05) is 24.3 Å². The molecular formula is C27H30N2O5. The van der Waals surface area contributed by atoms with Crippen LogP contribution in [0.3, 0.4) is 0 Å². The Labute approximate surface area is 199 Å². The SMILES string of the molecule is CC1(C(=O)O)CN(C(=O)[C@H]2CCCC[C@H]2NC(=O)OCC2c3ccccc3-c3ccccc32)C1. The molecule has 7 nitrogen and oxygen atoms in total. The molecule has 7 heteroatoms. The number of carbonyl (C=O) groups excluding carboxylic acids is 2. The Bertz CT molecular complexity index is 1080. The summed E-state index contributed by atoms with van der Waals surface area (Å²) in [5.74, 6) is -1.31. The van der Waals surface area contributed by atoms with Crippen molar-refractivity contribution in [3.05, 3.63) is 59.7 Å². The lowest BCUT2D eigenvalue weighted by Crippen LogP contribution is -2.63. The Hall–Kier alpha value is -3.35. The number of nitrogens with one attached hydrogen (secondary N) is 1. The van der Waals surface area contributed by atoms with Crippen LogP contribution in [-0.2, 0) is 14.3 Å². The van der Waals surface area contributed by atoms with Crippen LogP contribution in [0.1, 0.15) is 49.7 Å². The van der Waals surface area contributed by atoms with Gasteiger partial charge in [0.1, 0.15) is 6.61 Å². The van der Waals surface area contributed by atoms with Crippen molar-refractivity contribution in [1.29, 1.82) is 0 Å². The van der Waals surface area contributed by atoms with Gasteiger partial charge in [-0.05, 0) is 42.0 Å². The van der Waals surface area contributed by atoms with Crippen LogP contribution in [0.15, 0.2) is 48.5 Å². The van der Waals surface area contributed by atoms with Crippen LogP contribution in [0.2, 0.25) is 0 Å². The van der Waals surface area contributed by atoms with Crippen LogP contribution in [0, 0.1) is 11.3 Å². The van der Waals surface area contributed by atoms with Crippen molar-refractivity contribution >= 4 is 18.0 Å². The second-order valence-electron chi connectivity index (χ2n) is 10.0. The largest absolute Gasteiger partial charge is 0.481 e. The van der Waals surface area contributed by atoms with Crippen molar-refractivity contribution < 1.29 is 24.2 Å². The minimum absolute atomic E-state index is 0.0169. The van der Waals surface area contributed by atoms with E-state index in [4.69, 9.17) is 4.74 Å². The van der Waals surface area contributed by atoms with Crippen LogP contribution >= 0.6 is 0 Å². The van der Waals surface area contributed by atoms with E-state index in [1.165, 1.54) is 11.1 Å². The molecule has 0 bridgehead atoms. The van der Waals surface area contributed by atoms with Crippen molar-refractivity contribution in [1.82, 2.24) is 10.2 Å². The highest BCUT2D eigenvalue weighted by Crippen LogP contribution is 2.44. The highest BCUT2D eigenvalue weighted by molar-refractivity contribution is 5.85. The lowest BCUT2D eigenvalue weighted by Gasteiger charge is -2.47. The van der Waals surface area contributed by atoms with E-state index >= 15 is 0 Å². The van der Waals surface area contributed by atoms with E-state index in [2.05, 4.69) is 29.6 Å². The molecule has 178 valence electrons. The van der Waals surface area contributed by atoms with Crippen molar-refractivity contribution in [2.75, 3.05) is 19.7 Å². The number of nitrogens with zero attached hydrogens (tertiary/aromatic N) is 1. The van der Waals surface area contributed by atoms with E-state index in [1.54, 1.807) is 11.8 Å². The third kappa shape index (κ3) is 3.93. The summed E-state index contributed by atoms with van der Waals surface area (Å²) in [5, 5.41) is 12.3. The second kappa shape index (κ2) is 8.78. The van der Waals surface area contributed by atoms with Gasteiger partial charge in [0.15, 0.2) is 0 Å². The van der Waals surface area contributed by atoms with E-state index in [0.29, 0.717) is 12.8 Å². The molecule has 0 aromatic heterocycles. The summed E-state index contributed by atoms with van der Waals surface area (Å²) in [6.45, 7) is 2.32. The van der Waals surface area contributed by atoms with Crippen molar-refractivity contribution in [3.63, 3.8) is 0 Å². The molecule has 2 N–H and O–H groups in total. The van der Waals surface area contributed by atoms with Gasteiger partial charge in [0.2, 0.25) is 5.91 Å². The van der Waals surface area contributed by atoms with E-state index < -0.39 is 17.5 Å². The van der Waals surface area contributed by atoms with E-state index in [9.17, 15) is 19.5 Å². The molecule has 2 aromatic carbocycles. The zero-order valence-electron chi connectivity index (χ0n) is 19.3. The van der Waals surface area contributed by atoms with Gasteiger partial charge in [0, 0.05) is 25.0 Å². The molecule has 2 amide bonds. The van der Waals surface area contributed by atoms with Crippen molar-refractivity contribution in [2.45, 2.75) is 44.6 Å². The minimum Gasteiger partial charge on any atom is -0.481 e. The summed E-state index contributed by atoms with van der Waals surface area (Å²) in [6, 6.07) is 16.1. The van der Waals surface area contributed by atoms with Gasteiger partial charge >= 0.3 is 12.1 Å². The number of hydrogen-bond acceptors (Lipinski definition) is 4. The summed E-state index contributed by atoms with van der Waals surface area (Å²) in [4.78, 5) is 38.8. The zero-order chi connectivity index (χ0) is 23.9. The fourth-order valence-corrected chi connectivity index (χ4v) is 5.71. The average molecular weight is 463 g/mol. The molecule has 0 unspecified atom stereocenters. The molecule has 1 saturated heterocycles. The molecule has 2 atom stereocenters. The third-order valence-corrected chi connectivity index (χ3v) is 7.64. The van der Waals surface area contributed by atoms with Gasteiger partial charge in [-0.1, -0.05) is 61.4 Å². The Morgan fingerprint density at radius 2 is 1.59 bits per heavy atom. The first kappa shape index (κ1) is 22.4. The molecule has 0 spiro atoms. The number of likely N-dealkylation sites (tertiary alicyclic amines) is 1. The van der Waals surface area contributed by atoms with Gasteiger partial charge in [0.25, 0.3) is 0 Å². The summed E-state index contributed by atoms with van der Waals surface area (Å²) in [7, 11) is 0. The van der Waals surface area contributed by atoms with E-state index in [0.717, 1.165) is 24.0 Å². The highest BCUT2D eigenvalue weighted by atomic mass is 16.5. The molecule has 5 rings (SSSR count). The van der Waals surface area contributed by atoms with Gasteiger partial charge in [-0.3, -0.25) is 9.59 Å². The topological polar surface area (TPSA) is 95.9 Å². The first-order valence-corrected chi connectivity index (χ1v) is 12.0. The van der Waals surface area contributed by atoms with Gasteiger partial charge in [-0.15, -0.1) is 0 Å². The molecule has 1 saturated carbocycles. The number of fused-ring (bicyclic) bond motifs is 3. The molecule has 2 aliphatic carbocycles. The number of alkyl carbamates (subject to hydrolysis) is 1. The van der Waals surface area contributed by atoms with Crippen molar-refractivity contribution in [3.8, 4) is 11.1 Å².